The van der Waals surface area contributed by atoms with Crippen molar-refractivity contribution in [1.82, 2.24) is 9.80 Å². The Balaban J connectivity index is 1.46. The Hall–Kier alpha value is -1.57. The van der Waals surface area contributed by atoms with Crippen LogP contribution in [-0.4, -0.2) is 72.4 Å². The summed E-state index contributed by atoms with van der Waals surface area (Å²) in [5, 5.41) is 0. The van der Waals surface area contributed by atoms with Crippen molar-refractivity contribution in [2.75, 3.05) is 32.4 Å². The lowest BCUT2D eigenvalue weighted by molar-refractivity contribution is -0.161. The minimum Gasteiger partial charge on any atom is -0.354 e. The van der Waals surface area contributed by atoms with Crippen LogP contribution < -0.4 is 0 Å². The summed E-state index contributed by atoms with van der Waals surface area (Å²) in [6.45, 7) is 0.678. The fourth-order valence-electron chi connectivity index (χ4n) is 4.94. The Kier molecular flexibility index (Phi) is 6.47. The quantitative estimate of drug-likeness (QED) is 0.687. The zero-order valence-corrected chi connectivity index (χ0v) is 18.0. The van der Waals surface area contributed by atoms with Gasteiger partial charge in [0, 0.05) is 32.4 Å². The summed E-state index contributed by atoms with van der Waals surface area (Å²) >= 11 is 1.71. The highest BCUT2D eigenvalue weighted by atomic mass is 32.2. The number of thioether (sulfide) groups is 1. The van der Waals surface area contributed by atoms with E-state index >= 15 is 0 Å². The number of amides is 2. The Bertz CT molecular complexity index is 754. The summed E-state index contributed by atoms with van der Waals surface area (Å²) in [6.07, 6.45) is 3.78. The summed E-state index contributed by atoms with van der Waals surface area (Å²) in [4.78, 5) is 30.5. The van der Waals surface area contributed by atoms with Crippen LogP contribution in [0.3, 0.4) is 0 Å². The van der Waals surface area contributed by atoms with Gasteiger partial charge in [0.2, 0.25) is 11.8 Å². The van der Waals surface area contributed by atoms with Gasteiger partial charge in [-0.3, -0.25) is 9.59 Å². The lowest BCUT2D eigenvalue weighted by Gasteiger charge is -2.35. The van der Waals surface area contributed by atoms with Crippen molar-refractivity contribution in [2.24, 2.45) is 5.92 Å². The average molecular weight is 419 g/mol. The van der Waals surface area contributed by atoms with Crippen LogP contribution in [0.1, 0.15) is 30.4 Å². The number of carbonyl (C=O) groups excluding carboxylic acids is 2. The van der Waals surface area contributed by atoms with E-state index in [4.69, 9.17) is 9.47 Å². The van der Waals surface area contributed by atoms with Gasteiger partial charge in [0.15, 0.2) is 6.29 Å². The highest BCUT2D eigenvalue weighted by Crippen LogP contribution is 2.32. The molecule has 2 saturated heterocycles. The first-order valence-corrected chi connectivity index (χ1v) is 11.6. The van der Waals surface area contributed by atoms with Crippen molar-refractivity contribution in [3.63, 3.8) is 0 Å². The zero-order valence-electron chi connectivity index (χ0n) is 17.2. The highest BCUT2D eigenvalue weighted by Gasteiger charge is 2.44. The van der Waals surface area contributed by atoms with E-state index in [1.165, 1.54) is 11.1 Å². The fraction of sp³-hybridized carbons (Fsp3) is 0.636. The smallest absolute Gasteiger partial charge is 0.246 e. The summed E-state index contributed by atoms with van der Waals surface area (Å²) in [7, 11) is 3.21. The summed E-state index contributed by atoms with van der Waals surface area (Å²) < 4.78 is 10.8. The van der Waals surface area contributed by atoms with Gasteiger partial charge in [-0.25, -0.2) is 0 Å². The zero-order chi connectivity index (χ0) is 20.4. The molecule has 1 aliphatic carbocycles. The van der Waals surface area contributed by atoms with E-state index in [9.17, 15) is 9.59 Å². The molecule has 6 nitrogen and oxygen atoms in total. The van der Waals surface area contributed by atoms with E-state index in [0.29, 0.717) is 12.4 Å². The third-order valence-corrected chi connectivity index (χ3v) is 7.54. The molecule has 0 bridgehead atoms. The van der Waals surface area contributed by atoms with Gasteiger partial charge in [-0.05, 0) is 43.2 Å². The Morgan fingerprint density at radius 1 is 1.07 bits per heavy atom. The number of hydrogen-bond donors (Lipinski definition) is 0. The molecule has 2 fully saturated rings. The second-order valence-corrected chi connectivity index (χ2v) is 9.11. The predicted octanol–water partition coefficient (Wildman–Crippen LogP) is 2.30. The maximum atomic E-state index is 13.4. The molecule has 158 valence electrons. The number of ether oxygens (including phenoxy) is 2. The van der Waals surface area contributed by atoms with Crippen molar-refractivity contribution in [3.05, 3.63) is 35.4 Å². The molecular weight excluding hydrogens is 388 g/mol. The molecule has 2 amide bonds. The van der Waals surface area contributed by atoms with E-state index in [2.05, 4.69) is 18.2 Å². The molecule has 0 aromatic heterocycles. The first-order valence-electron chi connectivity index (χ1n) is 10.4. The van der Waals surface area contributed by atoms with E-state index in [1.807, 2.05) is 15.9 Å². The van der Waals surface area contributed by atoms with Gasteiger partial charge in [0.1, 0.15) is 6.04 Å². The Morgan fingerprint density at radius 2 is 1.83 bits per heavy atom. The standard InChI is InChI=1S/C22H30N2O4S/c1-27-22(28-2)19-13-29-14-24(19)21(26)18-8-5-11-23(18)20(25)17-10-9-15-6-3-4-7-16(15)12-17/h3-4,6-7,17-19,22H,5,8-14H2,1-2H3/t17-,18-,19-/m0/s1. The molecule has 2 aliphatic heterocycles. The van der Waals surface area contributed by atoms with Crippen LogP contribution in [0.2, 0.25) is 0 Å². The number of carbonyl (C=O) groups is 2. The molecule has 0 unspecified atom stereocenters. The van der Waals surface area contributed by atoms with Gasteiger partial charge < -0.3 is 19.3 Å². The molecule has 3 atom stereocenters. The Morgan fingerprint density at radius 3 is 2.59 bits per heavy atom. The van der Waals surface area contributed by atoms with Crippen molar-refractivity contribution in [2.45, 2.75) is 50.5 Å². The molecule has 4 rings (SSSR count). The molecule has 2 heterocycles. The highest BCUT2D eigenvalue weighted by molar-refractivity contribution is 7.99. The van der Waals surface area contributed by atoms with Gasteiger partial charge in [0.05, 0.1) is 11.9 Å². The van der Waals surface area contributed by atoms with Crippen LogP contribution in [0.4, 0.5) is 0 Å². The number of methoxy groups -OCH3 is 2. The number of hydrogen-bond acceptors (Lipinski definition) is 5. The van der Waals surface area contributed by atoms with Crippen LogP contribution in [0.25, 0.3) is 0 Å². The van der Waals surface area contributed by atoms with Crippen LogP contribution in [0.5, 0.6) is 0 Å². The number of likely N-dealkylation sites (tertiary alicyclic amines) is 1. The first-order chi connectivity index (χ1) is 14.1. The molecule has 0 spiro atoms. The summed E-state index contributed by atoms with van der Waals surface area (Å²) in [5.41, 5.74) is 2.63. The molecule has 1 aromatic rings. The second kappa shape index (κ2) is 9.06. The SMILES string of the molecule is COC(OC)[C@@H]1CSCN1C(=O)[C@@H]1CCCN1C(=O)[C@H]1CCc2ccccc2C1. The third kappa shape index (κ3) is 4.05. The van der Waals surface area contributed by atoms with Crippen LogP contribution in [0, 0.1) is 5.92 Å². The molecule has 0 N–H and O–H groups in total. The minimum absolute atomic E-state index is 0.0206. The van der Waals surface area contributed by atoms with Crippen molar-refractivity contribution < 1.29 is 19.1 Å². The normalized spacial score (nSPS) is 26.8. The lowest BCUT2D eigenvalue weighted by atomic mass is 9.83. The molecular formula is C22H30N2O4S. The number of rotatable bonds is 5. The average Bonchev–Trinajstić information content (AvgIpc) is 3.43. The minimum atomic E-state index is -0.436. The maximum Gasteiger partial charge on any atom is 0.246 e. The molecule has 0 saturated carbocycles. The topological polar surface area (TPSA) is 59.1 Å². The van der Waals surface area contributed by atoms with E-state index < -0.39 is 6.29 Å². The lowest BCUT2D eigenvalue weighted by Crippen LogP contribution is -2.54. The number of aryl methyl sites for hydroxylation is 1. The van der Waals surface area contributed by atoms with Crippen molar-refractivity contribution in [1.29, 1.82) is 0 Å². The first kappa shape index (κ1) is 20.7. The van der Waals surface area contributed by atoms with Gasteiger partial charge in [-0.15, -0.1) is 11.8 Å². The van der Waals surface area contributed by atoms with Crippen LogP contribution in [0.15, 0.2) is 24.3 Å². The number of benzene rings is 1. The molecule has 29 heavy (non-hydrogen) atoms. The van der Waals surface area contributed by atoms with Gasteiger partial charge >= 0.3 is 0 Å². The summed E-state index contributed by atoms with van der Waals surface area (Å²) in [6, 6.07) is 7.93. The maximum absolute atomic E-state index is 13.4. The monoisotopic (exact) mass is 418 g/mol. The number of nitrogens with zero attached hydrogens (tertiary/aromatic N) is 2. The molecule has 7 heteroatoms. The largest absolute Gasteiger partial charge is 0.354 e. The van der Waals surface area contributed by atoms with Crippen molar-refractivity contribution >= 4 is 23.6 Å². The molecule has 3 aliphatic rings. The van der Waals surface area contributed by atoms with E-state index in [0.717, 1.165) is 37.9 Å². The Labute approximate surface area is 176 Å². The predicted molar refractivity (Wildman–Crippen MR) is 112 cm³/mol. The molecule has 1 aromatic carbocycles. The van der Waals surface area contributed by atoms with E-state index in [-0.39, 0.29) is 29.8 Å². The van der Waals surface area contributed by atoms with E-state index in [1.54, 1.807) is 26.0 Å². The molecule has 0 radical (unpaired) electrons. The van der Waals surface area contributed by atoms with Crippen molar-refractivity contribution in [3.8, 4) is 0 Å². The van der Waals surface area contributed by atoms with Crippen LogP contribution >= 0.6 is 11.8 Å². The third-order valence-electron chi connectivity index (χ3n) is 6.50. The second-order valence-electron chi connectivity index (χ2n) is 8.11. The van der Waals surface area contributed by atoms with Gasteiger partial charge in [-0.1, -0.05) is 24.3 Å². The summed E-state index contributed by atoms with van der Waals surface area (Å²) in [5.74, 6) is 1.59. The van der Waals surface area contributed by atoms with Gasteiger partial charge in [-0.2, -0.15) is 0 Å². The fourth-order valence-corrected chi connectivity index (χ4v) is 6.14. The number of fused-ring (bicyclic) bond motifs is 1. The van der Waals surface area contributed by atoms with Crippen LogP contribution in [-0.2, 0) is 31.9 Å². The van der Waals surface area contributed by atoms with Gasteiger partial charge in [0.25, 0.3) is 0 Å².